The number of fused-ring (bicyclic) bond motifs is 13. The highest BCUT2D eigenvalue weighted by Gasteiger charge is 2.23. The average molecular weight is 657 g/mol. The van der Waals surface area contributed by atoms with E-state index in [9.17, 15) is 0 Å². The fraction of sp³-hybridized carbons (Fsp3) is 0. The van der Waals surface area contributed by atoms with Crippen molar-refractivity contribution in [3.63, 3.8) is 0 Å². The molecule has 0 aliphatic rings. The van der Waals surface area contributed by atoms with Crippen molar-refractivity contribution in [2.24, 2.45) is 0 Å². The van der Waals surface area contributed by atoms with E-state index in [2.05, 4.69) is 121 Å². The minimum absolute atomic E-state index is 0.860. The van der Waals surface area contributed by atoms with Crippen LogP contribution >= 0.6 is 11.3 Å². The summed E-state index contributed by atoms with van der Waals surface area (Å²) in [5.74, 6) is 0. The number of hydrogen-bond acceptors (Lipinski definition) is 4. The summed E-state index contributed by atoms with van der Waals surface area (Å²) in [6.07, 6.45) is 1.79. The Balaban J connectivity index is 1.19. The largest absolute Gasteiger partial charge is 0.463 e. The van der Waals surface area contributed by atoms with Gasteiger partial charge >= 0.3 is 0 Å². The number of rotatable bonds is 2. The Labute approximate surface area is 288 Å². The minimum atomic E-state index is 0.860. The maximum Gasteiger partial charge on any atom is 0.151 e. The lowest BCUT2D eigenvalue weighted by Crippen LogP contribution is -1.91. The predicted octanol–water partition coefficient (Wildman–Crippen LogP) is 14.2. The second-order valence-electron chi connectivity index (χ2n) is 13.1. The molecular weight excluding hydrogens is 633 g/mol. The van der Waals surface area contributed by atoms with E-state index in [1.165, 1.54) is 58.4 Å². The molecule has 0 amide bonds. The van der Waals surface area contributed by atoms with Gasteiger partial charge in [-0.25, -0.2) is 0 Å². The van der Waals surface area contributed by atoms with Crippen LogP contribution in [0.2, 0.25) is 0 Å². The van der Waals surface area contributed by atoms with Gasteiger partial charge in [0.25, 0.3) is 0 Å². The first-order valence-electron chi connectivity index (χ1n) is 16.8. The Hall–Kier alpha value is -6.36. The molecule has 0 fully saturated rings. The third-order valence-electron chi connectivity index (χ3n) is 10.5. The molecule has 0 bridgehead atoms. The van der Waals surface area contributed by atoms with Crippen molar-refractivity contribution in [3.05, 3.63) is 146 Å². The van der Waals surface area contributed by atoms with Crippen molar-refractivity contribution in [1.82, 2.24) is 0 Å². The predicted molar refractivity (Wildman–Crippen MR) is 210 cm³/mol. The third kappa shape index (κ3) is 3.43. The van der Waals surface area contributed by atoms with Gasteiger partial charge in [0, 0.05) is 53.5 Å². The summed E-state index contributed by atoms with van der Waals surface area (Å²) in [5.41, 5.74) is 9.20. The molecule has 0 aliphatic carbocycles. The normalized spacial score (nSPS) is 12.4. The summed E-state index contributed by atoms with van der Waals surface area (Å²) in [5, 5.41) is 12.7. The van der Waals surface area contributed by atoms with Gasteiger partial charge in [0.15, 0.2) is 5.58 Å². The highest BCUT2D eigenvalue weighted by Crippen LogP contribution is 2.50. The van der Waals surface area contributed by atoms with Crippen molar-refractivity contribution in [3.8, 4) is 22.3 Å². The molecule has 8 aromatic carbocycles. The van der Waals surface area contributed by atoms with Gasteiger partial charge in [-0.15, -0.1) is 11.3 Å². The highest BCUT2D eigenvalue weighted by atomic mass is 32.1. The van der Waals surface area contributed by atoms with Crippen molar-refractivity contribution >= 4 is 108 Å². The fourth-order valence-corrected chi connectivity index (χ4v) is 9.66. The minimum Gasteiger partial charge on any atom is -0.463 e. The molecule has 0 saturated heterocycles. The molecule has 0 spiro atoms. The third-order valence-corrected chi connectivity index (χ3v) is 11.7. The molecule has 0 atom stereocenters. The molecule has 12 aromatic rings. The molecule has 0 aliphatic heterocycles. The van der Waals surface area contributed by atoms with Gasteiger partial charge in [-0.2, -0.15) is 0 Å². The van der Waals surface area contributed by atoms with Crippen LogP contribution in [-0.4, -0.2) is 0 Å². The van der Waals surface area contributed by atoms with Crippen molar-refractivity contribution in [2.75, 3.05) is 0 Å². The van der Waals surface area contributed by atoms with Gasteiger partial charge in [-0.3, -0.25) is 0 Å². The van der Waals surface area contributed by atoms with E-state index in [1.54, 1.807) is 6.26 Å². The molecule has 0 N–H and O–H groups in total. The van der Waals surface area contributed by atoms with Gasteiger partial charge < -0.3 is 13.3 Å². The lowest BCUT2D eigenvalue weighted by atomic mass is 9.84. The molecule has 4 aromatic heterocycles. The maximum atomic E-state index is 6.85. The Morgan fingerprint density at radius 2 is 1.02 bits per heavy atom. The van der Waals surface area contributed by atoms with Crippen molar-refractivity contribution in [1.29, 1.82) is 0 Å². The number of furan rings is 3. The molecule has 3 nitrogen and oxygen atoms in total. The number of para-hydroxylation sites is 2. The molecule has 50 heavy (non-hydrogen) atoms. The topological polar surface area (TPSA) is 39.4 Å². The van der Waals surface area contributed by atoms with Crippen LogP contribution in [0.25, 0.3) is 119 Å². The Morgan fingerprint density at radius 1 is 0.400 bits per heavy atom. The molecule has 12 rings (SSSR count). The van der Waals surface area contributed by atoms with E-state index in [-0.39, 0.29) is 0 Å². The molecule has 232 valence electrons. The van der Waals surface area contributed by atoms with Crippen LogP contribution in [0, 0.1) is 0 Å². The van der Waals surface area contributed by atoms with Gasteiger partial charge in [0.1, 0.15) is 22.3 Å². The Bertz CT molecular complexity index is 3330. The van der Waals surface area contributed by atoms with Crippen LogP contribution in [0.1, 0.15) is 0 Å². The Morgan fingerprint density at radius 3 is 1.80 bits per heavy atom. The molecule has 0 saturated carbocycles. The summed E-state index contributed by atoms with van der Waals surface area (Å²) < 4.78 is 21.6. The molecule has 4 heterocycles. The summed E-state index contributed by atoms with van der Waals surface area (Å²) >= 11 is 1.81. The van der Waals surface area contributed by atoms with Crippen molar-refractivity contribution < 1.29 is 13.3 Å². The van der Waals surface area contributed by atoms with Gasteiger partial charge in [0.05, 0.1) is 11.0 Å². The van der Waals surface area contributed by atoms with E-state index in [4.69, 9.17) is 13.3 Å². The SMILES string of the molecule is c1ccc2c(c1)oc1cc3c(cc12)oc1c(-c2c4ccccc4c(-c4cccc5sc6c(ccc7ccoc76)c45)c4ccccc24)cccc13. The van der Waals surface area contributed by atoms with E-state index in [1.807, 2.05) is 29.5 Å². The molecule has 0 radical (unpaired) electrons. The number of thiophene rings is 1. The highest BCUT2D eigenvalue weighted by molar-refractivity contribution is 7.26. The first-order valence-corrected chi connectivity index (χ1v) is 17.6. The van der Waals surface area contributed by atoms with Gasteiger partial charge in [-0.05, 0) is 63.0 Å². The summed E-state index contributed by atoms with van der Waals surface area (Å²) in [7, 11) is 0. The van der Waals surface area contributed by atoms with E-state index in [0.29, 0.717) is 0 Å². The van der Waals surface area contributed by atoms with Crippen LogP contribution in [0.15, 0.2) is 159 Å². The van der Waals surface area contributed by atoms with Crippen LogP contribution in [0.4, 0.5) is 0 Å². The second-order valence-corrected chi connectivity index (χ2v) is 14.2. The van der Waals surface area contributed by atoms with Crippen LogP contribution in [0.3, 0.4) is 0 Å². The zero-order chi connectivity index (χ0) is 32.5. The zero-order valence-corrected chi connectivity index (χ0v) is 27.3. The standard InChI is InChI=1S/C46H24O3S/c1-3-12-29-27(10-1)41(32-15-8-18-40-43(32)34-20-19-25-21-22-47-44(25)46(34)50-40)28-11-2-4-13-30(28)42(29)33-16-7-14-31-36-24-38-35(23-39(36)49-45(31)33)26-9-5-6-17-37(26)48-38/h1-24H. The number of benzene rings is 8. The van der Waals surface area contributed by atoms with E-state index in [0.717, 1.165) is 60.4 Å². The molecule has 4 heteroatoms. The molecular formula is C46H24O3S. The summed E-state index contributed by atoms with van der Waals surface area (Å²) in [6, 6.07) is 49.9. The maximum absolute atomic E-state index is 6.85. The average Bonchev–Trinajstić information content (AvgIpc) is 3.95. The zero-order valence-electron chi connectivity index (χ0n) is 26.5. The summed E-state index contributed by atoms with van der Waals surface area (Å²) in [6.45, 7) is 0. The van der Waals surface area contributed by atoms with Crippen LogP contribution in [-0.2, 0) is 0 Å². The second kappa shape index (κ2) is 9.63. The smallest absolute Gasteiger partial charge is 0.151 e. The van der Waals surface area contributed by atoms with E-state index >= 15 is 0 Å². The first-order chi connectivity index (χ1) is 24.8. The fourth-order valence-electron chi connectivity index (χ4n) is 8.44. The monoisotopic (exact) mass is 656 g/mol. The Kier molecular flexibility index (Phi) is 5.12. The van der Waals surface area contributed by atoms with Crippen LogP contribution < -0.4 is 0 Å². The molecule has 0 unspecified atom stereocenters. The van der Waals surface area contributed by atoms with Crippen LogP contribution in [0.5, 0.6) is 0 Å². The quantitative estimate of drug-likeness (QED) is 0.174. The summed E-state index contributed by atoms with van der Waals surface area (Å²) in [4.78, 5) is 0. The first kappa shape index (κ1) is 26.6. The van der Waals surface area contributed by atoms with Crippen molar-refractivity contribution in [2.45, 2.75) is 0 Å². The lowest BCUT2D eigenvalue weighted by molar-refractivity contribution is 0.619. The lowest BCUT2D eigenvalue weighted by Gasteiger charge is -2.18. The number of hydrogen-bond donors (Lipinski definition) is 0. The van der Waals surface area contributed by atoms with Gasteiger partial charge in [0.2, 0.25) is 0 Å². The van der Waals surface area contributed by atoms with E-state index < -0.39 is 0 Å². The van der Waals surface area contributed by atoms with Gasteiger partial charge in [-0.1, -0.05) is 109 Å².